The molecule has 6 aliphatic rings. The first-order valence-corrected chi connectivity index (χ1v) is 21.0. The van der Waals surface area contributed by atoms with Gasteiger partial charge in [-0.3, -0.25) is 0 Å². The van der Waals surface area contributed by atoms with Crippen molar-refractivity contribution >= 4 is 64.3 Å². The van der Waals surface area contributed by atoms with E-state index in [1.165, 1.54) is 0 Å². The normalized spacial score (nSPS) is 19.6. The summed E-state index contributed by atoms with van der Waals surface area (Å²) in [6.45, 7) is 0. The minimum absolute atomic E-state index is 0.601. The van der Waals surface area contributed by atoms with E-state index in [1.807, 2.05) is 60.7 Å². The molecular weight excluding hydrogens is 701 g/mol. The van der Waals surface area contributed by atoms with Gasteiger partial charge < -0.3 is 0 Å². The van der Waals surface area contributed by atoms with E-state index in [-0.39, 0.29) is 0 Å². The van der Waals surface area contributed by atoms with Gasteiger partial charge in [-0.05, 0) is 0 Å². The molecule has 11 heteroatoms. The van der Waals surface area contributed by atoms with Crippen LogP contribution in [-0.2, 0) is 0 Å². The molecule has 10 nitrogen and oxygen atoms in total. The molecule has 1 spiro atoms. The van der Waals surface area contributed by atoms with E-state index >= 15 is 0 Å². The van der Waals surface area contributed by atoms with Gasteiger partial charge in [-0.2, -0.15) is 0 Å². The van der Waals surface area contributed by atoms with Crippen LogP contribution >= 0.6 is 0 Å². The fourth-order valence-corrected chi connectivity index (χ4v) is 18.7. The number of rotatable bonds is 4. The van der Waals surface area contributed by atoms with E-state index < -0.39 is 7.76 Å². The molecule has 0 bridgehead atoms. The van der Waals surface area contributed by atoms with Crippen molar-refractivity contribution in [2.24, 2.45) is 20.0 Å². The Morgan fingerprint density at radius 1 is 0.382 bits per heavy atom. The summed E-state index contributed by atoms with van der Waals surface area (Å²) in [6, 6.07) is 53.5. The van der Waals surface area contributed by atoms with Crippen molar-refractivity contribution in [2.75, 3.05) is 0 Å². The summed E-state index contributed by atoms with van der Waals surface area (Å²) in [5.41, 5.74) is 5.08. The molecule has 55 heavy (non-hydrogen) atoms. The van der Waals surface area contributed by atoms with Gasteiger partial charge in [0, 0.05) is 0 Å². The summed E-state index contributed by atoms with van der Waals surface area (Å²) < 4.78 is 25.9. The molecule has 6 aromatic carbocycles. The van der Waals surface area contributed by atoms with Crippen LogP contribution in [0.1, 0.15) is 22.3 Å². The number of aliphatic imine (C=N–C) groups is 2. The van der Waals surface area contributed by atoms with Crippen molar-refractivity contribution in [1.82, 2.24) is 8.47 Å². The minimum atomic E-state index is -6.72. The van der Waals surface area contributed by atoms with Crippen molar-refractivity contribution in [2.45, 2.75) is 0 Å². The first-order chi connectivity index (χ1) is 27.2. The van der Waals surface area contributed by atoms with Gasteiger partial charge in [-0.1, -0.05) is 0 Å². The van der Waals surface area contributed by atoms with Gasteiger partial charge in [0.15, 0.2) is 0 Å². The molecule has 0 aliphatic carbocycles. The van der Waals surface area contributed by atoms with Gasteiger partial charge in [-0.25, -0.2) is 0 Å². The zero-order valence-corrected chi connectivity index (χ0v) is 29.9. The predicted octanol–water partition coefficient (Wildman–Crippen LogP) is 6.48. The predicted molar refractivity (Wildman–Crippen MR) is 211 cm³/mol. The van der Waals surface area contributed by atoms with Crippen LogP contribution in [0.2, 0.25) is 0 Å². The number of amidine groups is 4. The van der Waals surface area contributed by atoms with Crippen molar-refractivity contribution < 1.29 is 17.3 Å². The summed E-state index contributed by atoms with van der Waals surface area (Å²) in [7, 11) is -6.72. The van der Waals surface area contributed by atoms with Crippen molar-refractivity contribution in [3.8, 4) is 11.5 Å². The second-order valence-corrected chi connectivity index (χ2v) is 19.8. The van der Waals surface area contributed by atoms with Crippen LogP contribution in [0, 0.1) is 0 Å². The molecule has 0 saturated heterocycles. The van der Waals surface area contributed by atoms with E-state index in [1.54, 1.807) is 0 Å². The topological polar surface area (TPSA) is 83.8 Å². The zero-order valence-electron chi connectivity index (χ0n) is 28.9. The SMILES string of the molecule is c1ccc(O[Si-2]234(Oc5ccccc5)n5c6c7ccccc7c5N=C5c7ccccc7C(=[N+]52)N=c2c5ccccc5c(n23)=NC2=[N+]4C(=N6)c3ccccc32)cc1. The maximum absolute atomic E-state index is 8.48. The first-order valence-electron chi connectivity index (χ1n) is 18.4. The molecule has 0 atom stereocenters. The number of aromatic nitrogens is 2. The van der Waals surface area contributed by atoms with Crippen LogP contribution in [0.25, 0.3) is 21.5 Å². The molecule has 2 aromatic heterocycles. The number of hydrogen-bond acceptors (Lipinski definition) is 6. The van der Waals surface area contributed by atoms with Crippen molar-refractivity contribution in [3.63, 3.8) is 0 Å². The van der Waals surface area contributed by atoms with Crippen LogP contribution in [0.15, 0.2) is 178 Å². The molecule has 0 fully saturated rings. The summed E-state index contributed by atoms with van der Waals surface area (Å²) >= 11 is 0. The Labute approximate surface area is 311 Å². The molecule has 0 saturated carbocycles. The van der Waals surface area contributed by atoms with Gasteiger partial charge in [0.2, 0.25) is 0 Å². The Morgan fingerprint density at radius 3 is 1.22 bits per heavy atom. The van der Waals surface area contributed by atoms with Crippen LogP contribution in [0.3, 0.4) is 0 Å². The van der Waals surface area contributed by atoms with E-state index in [9.17, 15) is 0 Å². The second-order valence-electron chi connectivity index (χ2n) is 14.8. The average Bonchev–Trinajstić information content (AvgIpc) is 3.95. The molecule has 0 unspecified atom stereocenters. The molecule has 8 heterocycles. The monoisotopic (exact) mass is 726 g/mol. The Morgan fingerprint density at radius 2 is 0.764 bits per heavy atom. The summed E-state index contributed by atoms with van der Waals surface area (Å²) in [4.78, 5) is 22.7. The third kappa shape index (κ3) is 2.65. The summed E-state index contributed by atoms with van der Waals surface area (Å²) in [5, 5.41) is 3.72. The molecule has 0 amide bonds. The third-order valence-corrected chi connectivity index (χ3v) is 19.2. The number of hydrogen-bond donors (Lipinski definition) is 0. The van der Waals surface area contributed by atoms with Crippen molar-refractivity contribution in [3.05, 3.63) is 191 Å². The van der Waals surface area contributed by atoms with Gasteiger partial charge >= 0.3 is 313 Å². The van der Waals surface area contributed by atoms with Gasteiger partial charge in [0.05, 0.1) is 0 Å². The molecule has 8 aromatic rings. The Bertz CT molecular complexity index is 3270. The standard InChI is InChI=1S/C44H26N8O2Si/c1-3-15-27(16-4-1)53-55(54-28-17-5-2-6-18-28)49-37-29-19-7-8-20-30(29)38(49)46-40-33-23-11-12-24-34(33)42(51(40)55)48-44-36-26-14-13-25-35(36)43(52(44)55)47-41-32-22-10-9-21-31(32)39(45-37)50(41)55/h1-26H. The molecule has 6 aliphatic heterocycles. The van der Waals surface area contributed by atoms with E-state index in [4.69, 9.17) is 28.8 Å². The van der Waals surface area contributed by atoms with E-state index in [0.717, 1.165) is 43.8 Å². The summed E-state index contributed by atoms with van der Waals surface area (Å²) in [5.74, 6) is 5.29. The Kier molecular flexibility index (Phi) is 4.41. The molecule has 0 N–H and O–H groups in total. The molecule has 258 valence electrons. The maximum atomic E-state index is 8.48. The number of para-hydroxylation sites is 2. The quantitative estimate of drug-likeness (QED) is 0.195. The fraction of sp³-hybridized carbons (Fsp3) is 0. The average molecular weight is 727 g/mol. The number of benzene rings is 6. The van der Waals surface area contributed by atoms with Gasteiger partial charge in [0.1, 0.15) is 0 Å². The molecular formula is C44H26N8O2Si. The fourth-order valence-electron chi connectivity index (χ4n) is 10.4. The third-order valence-electron chi connectivity index (χ3n) is 12.3. The zero-order chi connectivity index (χ0) is 35.7. The first kappa shape index (κ1) is 28.1. The van der Waals surface area contributed by atoms with E-state index in [0.29, 0.717) is 57.5 Å². The van der Waals surface area contributed by atoms with Gasteiger partial charge in [0.25, 0.3) is 0 Å². The molecule has 0 radical (unpaired) electrons. The van der Waals surface area contributed by atoms with Crippen molar-refractivity contribution in [1.29, 1.82) is 0 Å². The molecule has 14 rings (SSSR count). The van der Waals surface area contributed by atoms with Crippen LogP contribution < -0.4 is 19.8 Å². The van der Waals surface area contributed by atoms with Crippen LogP contribution in [0.4, 0.5) is 11.6 Å². The Balaban J connectivity index is 1.41. The van der Waals surface area contributed by atoms with Crippen LogP contribution in [-0.4, -0.2) is 48.1 Å². The van der Waals surface area contributed by atoms with Crippen LogP contribution in [0.5, 0.6) is 11.5 Å². The number of fused-ring (bicyclic) bond motifs is 12. The Hall–Kier alpha value is -7.50. The van der Waals surface area contributed by atoms with E-state index in [2.05, 4.69) is 114 Å². The van der Waals surface area contributed by atoms with Gasteiger partial charge in [-0.15, -0.1) is 0 Å². The number of nitrogens with zero attached hydrogens (tertiary/aromatic N) is 8. The summed E-state index contributed by atoms with van der Waals surface area (Å²) in [6.07, 6.45) is 0. The second kappa shape index (κ2) is 8.65.